The Bertz CT molecular complexity index is 759. The standard InChI is InChI=1S/C17H24ClN3O4S/c1-3-15(17(23)20-10-8-12(9-11-20)16(19)22)21(26(2,24)25)14-6-4-13(18)5-7-14/h4-7,12,15H,3,8-11H2,1-2H3,(H2,19,22)/t15-/m0/s1. The minimum atomic E-state index is -3.68. The number of sulfonamides is 1. The van der Waals surface area contributed by atoms with Crippen LogP contribution in [-0.2, 0) is 19.6 Å². The summed E-state index contributed by atoms with van der Waals surface area (Å²) in [5, 5.41) is 0.482. The summed E-state index contributed by atoms with van der Waals surface area (Å²) < 4.78 is 26.0. The average molecular weight is 402 g/mol. The number of primary amides is 1. The number of carbonyl (C=O) groups excluding carboxylic acids is 2. The Morgan fingerprint density at radius 2 is 1.81 bits per heavy atom. The number of amides is 2. The van der Waals surface area contributed by atoms with E-state index in [0.29, 0.717) is 43.1 Å². The van der Waals surface area contributed by atoms with Crippen LogP contribution in [-0.4, -0.2) is 50.5 Å². The van der Waals surface area contributed by atoms with Gasteiger partial charge in [0.15, 0.2) is 0 Å². The van der Waals surface area contributed by atoms with Gasteiger partial charge >= 0.3 is 0 Å². The maximum absolute atomic E-state index is 13.0. The van der Waals surface area contributed by atoms with Gasteiger partial charge in [-0.05, 0) is 43.5 Å². The van der Waals surface area contributed by atoms with Crippen LogP contribution in [0, 0.1) is 5.92 Å². The maximum atomic E-state index is 13.0. The van der Waals surface area contributed by atoms with E-state index < -0.39 is 16.1 Å². The number of halogens is 1. The van der Waals surface area contributed by atoms with Crippen LogP contribution in [0.1, 0.15) is 26.2 Å². The van der Waals surface area contributed by atoms with Crippen molar-refractivity contribution in [2.75, 3.05) is 23.7 Å². The predicted octanol–water partition coefficient (Wildman–Crippen LogP) is 1.61. The molecule has 1 atom stereocenters. The molecule has 7 nitrogen and oxygen atoms in total. The molecule has 0 bridgehead atoms. The van der Waals surface area contributed by atoms with Crippen LogP contribution in [0.15, 0.2) is 24.3 Å². The van der Waals surface area contributed by atoms with Crippen molar-refractivity contribution < 1.29 is 18.0 Å². The first-order chi connectivity index (χ1) is 12.1. The smallest absolute Gasteiger partial charge is 0.246 e. The zero-order valence-electron chi connectivity index (χ0n) is 14.9. The maximum Gasteiger partial charge on any atom is 0.246 e. The molecule has 0 aliphatic carbocycles. The van der Waals surface area contributed by atoms with Crippen molar-refractivity contribution in [1.82, 2.24) is 4.90 Å². The van der Waals surface area contributed by atoms with Gasteiger partial charge in [-0.15, -0.1) is 0 Å². The van der Waals surface area contributed by atoms with Gasteiger partial charge < -0.3 is 10.6 Å². The molecule has 1 aliphatic rings. The fourth-order valence-corrected chi connectivity index (χ4v) is 4.56. The molecule has 2 amide bonds. The SMILES string of the molecule is CC[C@@H](C(=O)N1CCC(C(N)=O)CC1)N(c1ccc(Cl)cc1)S(C)(=O)=O. The molecular formula is C17H24ClN3O4S. The molecule has 1 aromatic carbocycles. The van der Waals surface area contributed by atoms with E-state index in [1.807, 2.05) is 0 Å². The van der Waals surface area contributed by atoms with Crippen molar-refractivity contribution in [3.8, 4) is 0 Å². The number of nitrogens with zero attached hydrogens (tertiary/aromatic N) is 2. The Labute approximate surface area is 159 Å². The summed E-state index contributed by atoms with van der Waals surface area (Å²) in [5.74, 6) is -0.861. The molecule has 0 saturated carbocycles. The van der Waals surface area contributed by atoms with Gasteiger partial charge in [-0.25, -0.2) is 8.42 Å². The predicted molar refractivity (Wildman–Crippen MR) is 101 cm³/mol. The number of likely N-dealkylation sites (tertiary alicyclic amines) is 1. The van der Waals surface area contributed by atoms with Crippen LogP contribution in [0.4, 0.5) is 5.69 Å². The van der Waals surface area contributed by atoms with Crippen molar-refractivity contribution in [2.24, 2.45) is 11.7 Å². The highest BCUT2D eigenvalue weighted by molar-refractivity contribution is 7.92. The van der Waals surface area contributed by atoms with E-state index in [4.69, 9.17) is 17.3 Å². The lowest BCUT2D eigenvalue weighted by Crippen LogP contribution is -2.53. The molecule has 1 saturated heterocycles. The normalized spacial score (nSPS) is 17.0. The second-order valence-corrected chi connectivity index (χ2v) is 8.76. The molecule has 0 radical (unpaired) electrons. The van der Waals surface area contributed by atoms with Gasteiger partial charge in [0, 0.05) is 24.0 Å². The number of hydrogen-bond donors (Lipinski definition) is 1. The highest BCUT2D eigenvalue weighted by Crippen LogP contribution is 2.26. The highest BCUT2D eigenvalue weighted by atomic mass is 35.5. The number of piperidine rings is 1. The molecule has 2 rings (SSSR count). The van der Waals surface area contributed by atoms with Gasteiger partial charge in [-0.1, -0.05) is 18.5 Å². The van der Waals surface area contributed by atoms with Crippen molar-refractivity contribution >= 4 is 39.1 Å². The van der Waals surface area contributed by atoms with E-state index >= 15 is 0 Å². The molecule has 0 spiro atoms. The number of rotatable bonds is 6. The van der Waals surface area contributed by atoms with Gasteiger partial charge in [-0.3, -0.25) is 13.9 Å². The summed E-state index contributed by atoms with van der Waals surface area (Å²) in [6.07, 6.45) is 2.40. The molecule has 1 heterocycles. The van der Waals surface area contributed by atoms with Crippen LogP contribution in [0.3, 0.4) is 0 Å². The van der Waals surface area contributed by atoms with E-state index in [1.165, 1.54) is 0 Å². The first kappa shape index (κ1) is 20.5. The Morgan fingerprint density at radius 1 is 1.27 bits per heavy atom. The lowest BCUT2D eigenvalue weighted by Gasteiger charge is -2.37. The van der Waals surface area contributed by atoms with Crippen molar-refractivity contribution in [2.45, 2.75) is 32.2 Å². The Hall–Kier alpha value is -1.80. The van der Waals surface area contributed by atoms with Crippen LogP contribution < -0.4 is 10.0 Å². The van der Waals surface area contributed by atoms with E-state index in [-0.39, 0.29) is 17.7 Å². The van der Waals surface area contributed by atoms with Crippen molar-refractivity contribution in [3.63, 3.8) is 0 Å². The summed E-state index contributed by atoms with van der Waals surface area (Å²) in [4.78, 5) is 25.9. The molecule has 1 fully saturated rings. The second-order valence-electron chi connectivity index (χ2n) is 6.46. The van der Waals surface area contributed by atoms with Crippen LogP contribution >= 0.6 is 11.6 Å². The lowest BCUT2D eigenvalue weighted by atomic mass is 9.95. The zero-order valence-corrected chi connectivity index (χ0v) is 16.5. The molecule has 9 heteroatoms. The van der Waals surface area contributed by atoms with Gasteiger partial charge in [0.25, 0.3) is 0 Å². The number of benzene rings is 1. The molecule has 2 N–H and O–H groups in total. The molecule has 1 aliphatic heterocycles. The minimum Gasteiger partial charge on any atom is -0.369 e. The van der Waals surface area contributed by atoms with Crippen LogP contribution in [0.2, 0.25) is 5.02 Å². The van der Waals surface area contributed by atoms with E-state index in [0.717, 1.165) is 10.6 Å². The molecule has 26 heavy (non-hydrogen) atoms. The molecule has 0 unspecified atom stereocenters. The zero-order chi connectivity index (χ0) is 19.5. The van der Waals surface area contributed by atoms with Crippen molar-refractivity contribution in [3.05, 3.63) is 29.3 Å². The quantitative estimate of drug-likeness (QED) is 0.782. The average Bonchev–Trinajstić information content (AvgIpc) is 2.59. The third-order valence-corrected chi connectivity index (χ3v) is 6.03. The third-order valence-electron chi connectivity index (χ3n) is 4.60. The third kappa shape index (κ3) is 4.67. The molecule has 144 valence electrons. The van der Waals surface area contributed by atoms with Crippen molar-refractivity contribution in [1.29, 1.82) is 0 Å². The number of carbonyl (C=O) groups is 2. The monoisotopic (exact) mass is 401 g/mol. The lowest BCUT2D eigenvalue weighted by molar-refractivity contribution is -0.135. The van der Waals surface area contributed by atoms with Gasteiger partial charge in [0.05, 0.1) is 11.9 Å². The number of nitrogens with two attached hydrogens (primary N) is 1. The van der Waals surface area contributed by atoms with E-state index in [1.54, 1.807) is 36.1 Å². The number of hydrogen-bond acceptors (Lipinski definition) is 4. The fourth-order valence-electron chi connectivity index (χ4n) is 3.23. The summed E-state index contributed by atoms with van der Waals surface area (Å²) in [5.41, 5.74) is 5.72. The Kier molecular flexibility index (Phi) is 6.52. The fraction of sp³-hybridized carbons (Fsp3) is 0.529. The van der Waals surface area contributed by atoms with Crippen LogP contribution in [0.25, 0.3) is 0 Å². The van der Waals surface area contributed by atoms with Crippen LogP contribution in [0.5, 0.6) is 0 Å². The molecule has 1 aromatic rings. The first-order valence-corrected chi connectivity index (χ1v) is 10.7. The topological polar surface area (TPSA) is 101 Å². The summed E-state index contributed by atoms with van der Waals surface area (Å²) in [6.45, 7) is 2.55. The number of anilines is 1. The minimum absolute atomic E-state index is 0.235. The Morgan fingerprint density at radius 3 is 2.23 bits per heavy atom. The van der Waals surface area contributed by atoms with Gasteiger partial charge in [0.2, 0.25) is 21.8 Å². The second kappa shape index (κ2) is 8.26. The summed E-state index contributed by atoms with van der Waals surface area (Å²) in [6, 6.07) is 5.49. The summed E-state index contributed by atoms with van der Waals surface area (Å²) in [7, 11) is -3.68. The molecule has 0 aromatic heterocycles. The van der Waals surface area contributed by atoms with E-state index in [2.05, 4.69) is 0 Å². The largest absolute Gasteiger partial charge is 0.369 e. The first-order valence-electron chi connectivity index (χ1n) is 8.48. The van der Waals surface area contributed by atoms with E-state index in [9.17, 15) is 18.0 Å². The Balaban J connectivity index is 2.26. The van der Waals surface area contributed by atoms with Gasteiger partial charge in [0.1, 0.15) is 6.04 Å². The molecular weight excluding hydrogens is 378 g/mol. The highest BCUT2D eigenvalue weighted by Gasteiger charge is 2.36. The summed E-state index contributed by atoms with van der Waals surface area (Å²) >= 11 is 5.89. The van der Waals surface area contributed by atoms with Gasteiger partial charge in [-0.2, -0.15) is 0 Å².